The van der Waals surface area contributed by atoms with Crippen LogP contribution in [0.2, 0.25) is 0 Å². The van der Waals surface area contributed by atoms with Crippen molar-refractivity contribution in [3.8, 4) is 5.75 Å². The molecule has 1 aromatic rings. The second kappa shape index (κ2) is 5.61. The Kier molecular flexibility index (Phi) is 3.69. The van der Waals surface area contributed by atoms with Crippen LogP contribution in [0.1, 0.15) is 12.8 Å². The molecule has 1 saturated heterocycles. The van der Waals surface area contributed by atoms with Crippen LogP contribution >= 0.6 is 0 Å². The Hall–Kier alpha value is -1.55. The topological polar surface area (TPSA) is 32.8 Å². The average molecular weight is 260 g/mol. The van der Waals surface area contributed by atoms with Crippen molar-refractivity contribution in [3.05, 3.63) is 30.3 Å². The lowest BCUT2D eigenvalue weighted by Crippen LogP contribution is -2.49. The molecule has 0 atom stereocenters. The molecule has 1 aromatic carbocycles. The van der Waals surface area contributed by atoms with E-state index in [1.54, 1.807) is 17.0 Å². The van der Waals surface area contributed by atoms with Gasteiger partial charge in [-0.1, -0.05) is 18.2 Å². The molecule has 1 heterocycles. The van der Waals surface area contributed by atoms with Crippen LogP contribution in [0, 0.1) is 5.92 Å². The van der Waals surface area contributed by atoms with Gasteiger partial charge in [-0.3, -0.25) is 4.90 Å². The van der Waals surface area contributed by atoms with E-state index in [1.165, 1.54) is 19.4 Å². The van der Waals surface area contributed by atoms with Gasteiger partial charge in [0.2, 0.25) is 0 Å². The quantitative estimate of drug-likeness (QED) is 0.835. The Bertz CT molecular complexity index is 423. The van der Waals surface area contributed by atoms with Crippen LogP contribution in [0.25, 0.3) is 0 Å². The molecule has 0 aromatic heterocycles. The van der Waals surface area contributed by atoms with Gasteiger partial charge in [-0.2, -0.15) is 0 Å². The number of hydrogen-bond acceptors (Lipinski definition) is 3. The molecule has 0 bridgehead atoms. The highest BCUT2D eigenvalue weighted by Gasteiger charge is 2.28. The van der Waals surface area contributed by atoms with E-state index in [0.29, 0.717) is 5.75 Å². The third-order valence-corrected chi connectivity index (χ3v) is 3.79. The van der Waals surface area contributed by atoms with Crippen LogP contribution < -0.4 is 4.74 Å². The fourth-order valence-electron chi connectivity index (χ4n) is 2.43. The Labute approximate surface area is 113 Å². The monoisotopic (exact) mass is 260 g/mol. The zero-order valence-corrected chi connectivity index (χ0v) is 11.1. The number of para-hydroxylation sites is 1. The third-order valence-electron chi connectivity index (χ3n) is 3.79. The zero-order valence-electron chi connectivity index (χ0n) is 11.1. The number of ether oxygens (including phenoxy) is 1. The summed E-state index contributed by atoms with van der Waals surface area (Å²) in [5.74, 6) is 1.54. The number of hydrogen-bond donors (Lipinski definition) is 0. The molecule has 1 amide bonds. The van der Waals surface area contributed by atoms with E-state index in [2.05, 4.69) is 4.90 Å². The Balaban J connectivity index is 1.46. The first kappa shape index (κ1) is 12.5. The summed E-state index contributed by atoms with van der Waals surface area (Å²) < 4.78 is 5.35. The van der Waals surface area contributed by atoms with Crippen molar-refractivity contribution in [1.29, 1.82) is 0 Å². The highest BCUT2D eigenvalue weighted by molar-refractivity contribution is 5.70. The zero-order chi connectivity index (χ0) is 13.1. The molecule has 0 unspecified atom stereocenters. The molecule has 1 aliphatic carbocycles. The van der Waals surface area contributed by atoms with Gasteiger partial charge < -0.3 is 9.64 Å². The number of rotatable bonds is 3. The van der Waals surface area contributed by atoms with Crippen LogP contribution in [0.15, 0.2) is 30.3 Å². The van der Waals surface area contributed by atoms with Gasteiger partial charge in [0.25, 0.3) is 0 Å². The van der Waals surface area contributed by atoms with E-state index < -0.39 is 0 Å². The van der Waals surface area contributed by atoms with Gasteiger partial charge in [0.15, 0.2) is 0 Å². The van der Waals surface area contributed by atoms with Crippen molar-refractivity contribution in [1.82, 2.24) is 9.80 Å². The molecule has 1 saturated carbocycles. The molecule has 2 aliphatic rings. The van der Waals surface area contributed by atoms with Crippen LogP contribution in [0.4, 0.5) is 4.79 Å². The SMILES string of the molecule is O=C(Oc1ccccc1)N1CCN(CC2CC2)CC1. The predicted molar refractivity (Wildman–Crippen MR) is 73.2 cm³/mol. The van der Waals surface area contributed by atoms with E-state index in [0.717, 1.165) is 32.1 Å². The summed E-state index contributed by atoms with van der Waals surface area (Å²) in [6.45, 7) is 4.71. The fourth-order valence-corrected chi connectivity index (χ4v) is 2.43. The predicted octanol–water partition coefficient (Wildman–Crippen LogP) is 2.21. The minimum atomic E-state index is -0.225. The van der Waals surface area contributed by atoms with E-state index in [-0.39, 0.29) is 6.09 Å². The molecular formula is C15H20N2O2. The molecule has 4 nitrogen and oxygen atoms in total. The number of carbonyl (C=O) groups excluding carboxylic acids is 1. The second-order valence-electron chi connectivity index (χ2n) is 5.41. The summed E-state index contributed by atoms with van der Waals surface area (Å²) in [7, 11) is 0. The second-order valence-corrected chi connectivity index (χ2v) is 5.41. The minimum Gasteiger partial charge on any atom is -0.410 e. The normalized spacial score (nSPS) is 20.3. The molecule has 0 N–H and O–H groups in total. The number of nitrogens with zero attached hydrogens (tertiary/aromatic N) is 2. The van der Waals surface area contributed by atoms with Crippen LogP contribution in [-0.2, 0) is 0 Å². The maximum Gasteiger partial charge on any atom is 0.415 e. The van der Waals surface area contributed by atoms with Crippen molar-refractivity contribution in [2.75, 3.05) is 32.7 Å². The number of benzene rings is 1. The van der Waals surface area contributed by atoms with Gasteiger partial charge in [0, 0.05) is 32.7 Å². The highest BCUT2D eigenvalue weighted by Crippen LogP contribution is 2.29. The lowest BCUT2D eigenvalue weighted by molar-refractivity contribution is 0.109. The average Bonchev–Trinajstić information content (AvgIpc) is 3.25. The largest absolute Gasteiger partial charge is 0.415 e. The maximum atomic E-state index is 12.0. The smallest absolute Gasteiger partial charge is 0.410 e. The van der Waals surface area contributed by atoms with Gasteiger partial charge in [0.05, 0.1) is 0 Å². The number of amides is 1. The molecule has 1 aliphatic heterocycles. The van der Waals surface area contributed by atoms with E-state index >= 15 is 0 Å². The molecule has 4 heteroatoms. The standard InChI is InChI=1S/C15H20N2O2/c18-15(19-14-4-2-1-3-5-14)17-10-8-16(9-11-17)12-13-6-7-13/h1-5,13H,6-12H2. The molecule has 0 radical (unpaired) electrons. The molecular weight excluding hydrogens is 240 g/mol. The van der Waals surface area contributed by atoms with Gasteiger partial charge in [-0.15, -0.1) is 0 Å². The van der Waals surface area contributed by atoms with Crippen molar-refractivity contribution in [3.63, 3.8) is 0 Å². The van der Waals surface area contributed by atoms with Crippen molar-refractivity contribution >= 4 is 6.09 Å². The van der Waals surface area contributed by atoms with Crippen LogP contribution in [-0.4, -0.2) is 48.6 Å². The Morgan fingerprint density at radius 1 is 1.11 bits per heavy atom. The van der Waals surface area contributed by atoms with E-state index in [1.807, 2.05) is 18.2 Å². The van der Waals surface area contributed by atoms with Gasteiger partial charge in [0.1, 0.15) is 5.75 Å². The molecule has 3 rings (SSSR count). The third kappa shape index (κ3) is 3.47. The molecule has 0 spiro atoms. The van der Waals surface area contributed by atoms with Crippen LogP contribution in [0.3, 0.4) is 0 Å². The molecule has 2 fully saturated rings. The van der Waals surface area contributed by atoms with Crippen LogP contribution in [0.5, 0.6) is 5.75 Å². The summed E-state index contributed by atoms with van der Waals surface area (Å²) in [5, 5.41) is 0. The number of carbonyl (C=O) groups is 1. The lowest BCUT2D eigenvalue weighted by Gasteiger charge is -2.34. The van der Waals surface area contributed by atoms with Gasteiger partial charge in [-0.25, -0.2) is 4.79 Å². The van der Waals surface area contributed by atoms with E-state index in [9.17, 15) is 4.79 Å². The number of piperazine rings is 1. The summed E-state index contributed by atoms with van der Waals surface area (Å²) >= 11 is 0. The molecule has 102 valence electrons. The Morgan fingerprint density at radius 2 is 1.79 bits per heavy atom. The summed E-state index contributed by atoms with van der Waals surface area (Å²) in [4.78, 5) is 16.3. The van der Waals surface area contributed by atoms with E-state index in [4.69, 9.17) is 4.74 Å². The summed E-state index contributed by atoms with van der Waals surface area (Å²) in [5.41, 5.74) is 0. The van der Waals surface area contributed by atoms with Crippen molar-refractivity contribution < 1.29 is 9.53 Å². The minimum absolute atomic E-state index is 0.225. The van der Waals surface area contributed by atoms with Crippen molar-refractivity contribution in [2.24, 2.45) is 5.92 Å². The summed E-state index contributed by atoms with van der Waals surface area (Å²) in [6, 6.07) is 9.27. The van der Waals surface area contributed by atoms with Crippen molar-refractivity contribution in [2.45, 2.75) is 12.8 Å². The lowest BCUT2D eigenvalue weighted by atomic mass is 10.3. The first-order valence-corrected chi connectivity index (χ1v) is 7.05. The fraction of sp³-hybridized carbons (Fsp3) is 0.533. The molecule has 19 heavy (non-hydrogen) atoms. The first-order chi connectivity index (χ1) is 9.31. The highest BCUT2D eigenvalue weighted by atomic mass is 16.6. The summed E-state index contributed by atoms with van der Waals surface area (Å²) in [6.07, 6.45) is 2.55. The Morgan fingerprint density at radius 3 is 2.42 bits per heavy atom. The maximum absolute atomic E-state index is 12.0. The van der Waals surface area contributed by atoms with Gasteiger partial charge in [-0.05, 0) is 30.9 Å². The first-order valence-electron chi connectivity index (χ1n) is 7.05. The van der Waals surface area contributed by atoms with Gasteiger partial charge >= 0.3 is 6.09 Å².